The number of rotatable bonds is 9. The maximum atomic E-state index is 13.2. The molecule has 2 aromatic carbocycles. The molecule has 0 unspecified atom stereocenters. The highest BCUT2D eigenvalue weighted by molar-refractivity contribution is 7.89. The Kier molecular flexibility index (Phi) is 8.44. The number of methoxy groups -OCH3 is 1. The summed E-state index contributed by atoms with van der Waals surface area (Å²) >= 11 is 0. The molecule has 1 heterocycles. The van der Waals surface area contributed by atoms with Gasteiger partial charge in [-0.3, -0.25) is 9.69 Å². The van der Waals surface area contributed by atoms with Gasteiger partial charge in [0.2, 0.25) is 15.9 Å². The molecule has 1 N–H and O–H groups in total. The average Bonchev–Trinajstić information content (AvgIpc) is 2.81. The van der Waals surface area contributed by atoms with Crippen LogP contribution in [-0.4, -0.2) is 56.8 Å². The van der Waals surface area contributed by atoms with Crippen molar-refractivity contribution in [2.75, 3.05) is 38.6 Å². The highest BCUT2D eigenvalue weighted by Gasteiger charge is 2.29. The van der Waals surface area contributed by atoms with Gasteiger partial charge < -0.3 is 10.1 Å². The van der Waals surface area contributed by atoms with Crippen LogP contribution in [0.1, 0.15) is 24.8 Å². The van der Waals surface area contributed by atoms with Gasteiger partial charge in [-0.2, -0.15) is 4.31 Å². The quantitative estimate of drug-likeness (QED) is 0.567. The number of sulfonamides is 1. The molecule has 176 valence electrons. The fourth-order valence-electron chi connectivity index (χ4n) is 3.75. The molecular formula is C24H28FN3O4S. The lowest BCUT2D eigenvalue weighted by atomic mass is 10.2. The molecule has 0 aromatic heterocycles. The van der Waals surface area contributed by atoms with Crippen LogP contribution < -0.4 is 10.1 Å². The largest absolute Gasteiger partial charge is 0.495 e. The first-order chi connectivity index (χ1) is 15.8. The van der Waals surface area contributed by atoms with Gasteiger partial charge in [0.1, 0.15) is 16.5 Å². The maximum absolute atomic E-state index is 13.2. The van der Waals surface area contributed by atoms with Crippen molar-refractivity contribution in [3.63, 3.8) is 0 Å². The van der Waals surface area contributed by atoms with E-state index in [1.807, 2.05) is 0 Å². The molecule has 33 heavy (non-hydrogen) atoms. The molecule has 1 aliphatic rings. The van der Waals surface area contributed by atoms with Gasteiger partial charge in [0, 0.05) is 25.3 Å². The van der Waals surface area contributed by atoms with Crippen LogP contribution in [0.4, 0.5) is 10.1 Å². The van der Waals surface area contributed by atoms with Crippen molar-refractivity contribution in [1.29, 1.82) is 0 Å². The number of nitrogens with one attached hydrogen (secondary N) is 1. The second-order valence-corrected chi connectivity index (χ2v) is 9.76. The van der Waals surface area contributed by atoms with Gasteiger partial charge in [-0.25, -0.2) is 12.8 Å². The summed E-state index contributed by atoms with van der Waals surface area (Å²) in [7, 11) is -2.34. The van der Waals surface area contributed by atoms with E-state index in [9.17, 15) is 17.6 Å². The van der Waals surface area contributed by atoms with Crippen LogP contribution in [0.2, 0.25) is 0 Å². The minimum Gasteiger partial charge on any atom is -0.495 e. The third-order valence-corrected chi connectivity index (χ3v) is 7.30. The summed E-state index contributed by atoms with van der Waals surface area (Å²) < 4.78 is 46.2. The topological polar surface area (TPSA) is 79.0 Å². The van der Waals surface area contributed by atoms with E-state index < -0.39 is 10.0 Å². The van der Waals surface area contributed by atoms with Gasteiger partial charge in [-0.15, -0.1) is 6.42 Å². The Balaban J connectivity index is 1.73. The predicted molar refractivity (Wildman–Crippen MR) is 125 cm³/mol. The van der Waals surface area contributed by atoms with Crippen LogP contribution >= 0.6 is 0 Å². The van der Waals surface area contributed by atoms with E-state index in [-0.39, 0.29) is 35.5 Å². The van der Waals surface area contributed by atoms with Crippen LogP contribution in [-0.2, 0) is 21.4 Å². The molecular weight excluding hydrogens is 445 g/mol. The fourth-order valence-corrected chi connectivity index (χ4v) is 5.45. The van der Waals surface area contributed by atoms with Crippen molar-refractivity contribution < 1.29 is 22.3 Å². The highest BCUT2D eigenvalue weighted by atomic mass is 32.2. The van der Waals surface area contributed by atoms with Crippen LogP contribution in [0, 0.1) is 18.2 Å². The van der Waals surface area contributed by atoms with E-state index >= 15 is 0 Å². The number of halogens is 1. The lowest BCUT2D eigenvalue weighted by Gasteiger charge is -2.26. The zero-order valence-electron chi connectivity index (χ0n) is 18.6. The van der Waals surface area contributed by atoms with Crippen LogP contribution in [0.25, 0.3) is 0 Å². The summed E-state index contributed by atoms with van der Waals surface area (Å²) in [6, 6.07) is 10.5. The molecule has 9 heteroatoms. The number of anilines is 1. The van der Waals surface area contributed by atoms with Crippen LogP contribution in [0.15, 0.2) is 47.4 Å². The van der Waals surface area contributed by atoms with Gasteiger partial charge in [0.15, 0.2) is 0 Å². The number of hydrogen-bond acceptors (Lipinski definition) is 5. The molecule has 1 saturated heterocycles. The summed E-state index contributed by atoms with van der Waals surface area (Å²) in [6.45, 7) is 1.51. The van der Waals surface area contributed by atoms with Crippen molar-refractivity contribution in [2.45, 2.75) is 30.7 Å². The monoisotopic (exact) mass is 473 g/mol. The minimum absolute atomic E-state index is 0.0121. The molecule has 0 radical (unpaired) electrons. The van der Waals surface area contributed by atoms with Crippen molar-refractivity contribution in [3.8, 4) is 18.1 Å². The SMILES string of the molecule is C#CCN(CC(=O)Nc1ccc(OC)c(S(=O)(=O)N2CCCCC2)c1)Cc1ccc(F)cc1. The third-order valence-electron chi connectivity index (χ3n) is 5.38. The number of nitrogens with zero attached hydrogens (tertiary/aromatic N) is 2. The van der Waals surface area contributed by atoms with E-state index in [0.29, 0.717) is 25.3 Å². The molecule has 0 atom stereocenters. The summed E-state index contributed by atoms with van der Waals surface area (Å²) in [5.41, 5.74) is 1.16. The lowest BCUT2D eigenvalue weighted by Crippen LogP contribution is -2.36. The zero-order valence-corrected chi connectivity index (χ0v) is 19.4. The normalized spacial score (nSPS) is 14.6. The van der Waals surface area contributed by atoms with Gasteiger partial charge in [-0.05, 0) is 48.7 Å². The highest BCUT2D eigenvalue weighted by Crippen LogP contribution is 2.31. The van der Waals surface area contributed by atoms with Gasteiger partial charge >= 0.3 is 0 Å². The van der Waals surface area contributed by atoms with Gasteiger partial charge in [0.05, 0.1) is 20.2 Å². The Bertz CT molecular complexity index is 1110. The zero-order chi connectivity index (χ0) is 23.8. The molecule has 0 spiro atoms. The van der Waals surface area contributed by atoms with Crippen molar-refractivity contribution in [2.24, 2.45) is 0 Å². The number of ether oxygens (including phenoxy) is 1. The molecule has 0 aliphatic carbocycles. The summed E-state index contributed by atoms with van der Waals surface area (Å²) in [5.74, 6) is 2.06. The number of carbonyl (C=O) groups excluding carboxylic acids is 1. The minimum atomic E-state index is -3.75. The van der Waals surface area contributed by atoms with E-state index in [2.05, 4.69) is 11.2 Å². The first-order valence-corrected chi connectivity index (χ1v) is 12.2. The Labute approximate surface area is 194 Å². The fraction of sp³-hybridized carbons (Fsp3) is 0.375. The Hall–Kier alpha value is -2.93. The van der Waals surface area contributed by atoms with E-state index in [1.54, 1.807) is 23.1 Å². The van der Waals surface area contributed by atoms with Crippen molar-refractivity contribution in [1.82, 2.24) is 9.21 Å². The van der Waals surface area contributed by atoms with Gasteiger partial charge in [-0.1, -0.05) is 24.5 Å². The number of piperidine rings is 1. The van der Waals surface area contributed by atoms with Crippen LogP contribution in [0.5, 0.6) is 5.75 Å². The second-order valence-electron chi connectivity index (χ2n) is 7.85. The number of amides is 1. The Morgan fingerprint density at radius 1 is 1.18 bits per heavy atom. The standard InChI is InChI=1S/C24H28FN3O4S/c1-3-13-27(17-19-7-9-20(25)10-8-19)18-24(29)26-21-11-12-22(32-2)23(16-21)33(30,31)28-14-5-4-6-15-28/h1,7-12,16H,4-6,13-15,17-18H2,2H3,(H,26,29). The third kappa shape index (κ3) is 6.54. The smallest absolute Gasteiger partial charge is 0.246 e. The summed E-state index contributed by atoms with van der Waals surface area (Å²) in [6.07, 6.45) is 8.08. The Morgan fingerprint density at radius 3 is 2.52 bits per heavy atom. The number of carbonyl (C=O) groups is 1. The molecule has 1 aliphatic heterocycles. The van der Waals surface area contributed by atoms with Crippen molar-refractivity contribution >= 4 is 21.6 Å². The molecule has 1 fully saturated rings. The number of hydrogen-bond donors (Lipinski definition) is 1. The molecule has 7 nitrogen and oxygen atoms in total. The molecule has 0 bridgehead atoms. The molecule has 3 rings (SSSR count). The maximum Gasteiger partial charge on any atom is 0.246 e. The second kappa shape index (κ2) is 11.3. The lowest BCUT2D eigenvalue weighted by molar-refractivity contribution is -0.117. The predicted octanol–water partition coefficient (Wildman–Crippen LogP) is 3.08. The van der Waals surface area contributed by atoms with Gasteiger partial charge in [0.25, 0.3) is 0 Å². The number of terminal acetylenes is 1. The average molecular weight is 474 g/mol. The first kappa shape index (κ1) is 24.7. The van der Waals surface area contributed by atoms with E-state index in [0.717, 1.165) is 24.8 Å². The number of benzene rings is 2. The summed E-state index contributed by atoms with van der Waals surface area (Å²) in [4.78, 5) is 14.4. The van der Waals surface area contributed by atoms with Crippen molar-refractivity contribution in [3.05, 3.63) is 53.8 Å². The summed E-state index contributed by atoms with van der Waals surface area (Å²) in [5, 5.41) is 2.74. The van der Waals surface area contributed by atoms with E-state index in [1.165, 1.54) is 35.7 Å². The van der Waals surface area contributed by atoms with E-state index in [4.69, 9.17) is 11.2 Å². The first-order valence-electron chi connectivity index (χ1n) is 10.7. The molecule has 2 aromatic rings. The molecule has 0 saturated carbocycles. The molecule has 1 amide bonds. The Morgan fingerprint density at radius 2 is 1.88 bits per heavy atom. The van der Waals surface area contributed by atoms with Crippen LogP contribution in [0.3, 0.4) is 0 Å².